The summed E-state index contributed by atoms with van der Waals surface area (Å²) < 4.78 is 5.86. The summed E-state index contributed by atoms with van der Waals surface area (Å²) in [5.41, 5.74) is 0.915. The third-order valence-corrected chi connectivity index (χ3v) is 7.81. The number of hydrogen-bond acceptors (Lipinski definition) is 7. The van der Waals surface area contributed by atoms with Gasteiger partial charge < -0.3 is 14.9 Å². The van der Waals surface area contributed by atoms with Crippen molar-refractivity contribution in [1.82, 2.24) is 4.98 Å². The van der Waals surface area contributed by atoms with Crippen LogP contribution < -0.4 is 0 Å². The molecule has 0 fully saturated rings. The summed E-state index contributed by atoms with van der Waals surface area (Å²) in [4.78, 5) is 30.5. The van der Waals surface area contributed by atoms with Gasteiger partial charge in [-0.1, -0.05) is 58.4 Å². The fraction of sp³-hybridized carbons (Fsp3) is 0.667. The molecular formula is C27H41NO5S. The second-order valence-electron chi connectivity index (χ2n) is 10.4. The molecule has 1 aliphatic heterocycles. The van der Waals surface area contributed by atoms with Gasteiger partial charge in [-0.25, -0.2) is 4.98 Å². The first kappa shape index (κ1) is 28.4. The van der Waals surface area contributed by atoms with Crippen LogP contribution in [0.2, 0.25) is 0 Å². The van der Waals surface area contributed by atoms with Crippen LogP contribution in [-0.4, -0.2) is 45.3 Å². The zero-order valence-corrected chi connectivity index (χ0v) is 22.4. The topological polar surface area (TPSA) is 96.7 Å². The van der Waals surface area contributed by atoms with Crippen molar-refractivity contribution in [3.05, 3.63) is 39.9 Å². The van der Waals surface area contributed by atoms with E-state index in [1.54, 1.807) is 32.1 Å². The van der Waals surface area contributed by atoms with Crippen LogP contribution in [0.5, 0.6) is 0 Å². The van der Waals surface area contributed by atoms with Crippen LogP contribution in [0.3, 0.4) is 0 Å². The minimum Gasteiger partial charge on any atom is -0.462 e. The molecular weight excluding hydrogens is 450 g/mol. The van der Waals surface area contributed by atoms with Crippen molar-refractivity contribution in [3.8, 4) is 0 Å². The molecule has 0 amide bonds. The molecule has 0 saturated heterocycles. The fourth-order valence-electron chi connectivity index (χ4n) is 4.33. The van der Waals surface area contributed by atoms with Gasteiger partial charge in [0.15, 0.2) is 0 Å². The van der Waals surface area contributed by atoms with E-state index in [1.807, 2.05) is 45.2 Å². The van der Waals surface area contributed by atoms with Crippen LogP contribution in [0.1, 0.15) is 71.5 Å². The molecule has 6 nitrogen and oxygen atoms in total. The minimum absolute atomic E-state index is 0.0332. The van der Waals surface area contributed by atoms with Crippen molar-refractivity contribution in [2.75, 3.05) is 0 Å². The zero-order valence-electron chi connectivity index (χ0n) is 21.6. The Bertz CT molecular complexity index is 903. The van der Waals surface area contributed by atoms with Crippen LogP contribution in [0.25, 0.3) is 0 Å². The number of nitrogens with zero attached hydrogens (tertiary/aromatic N) is 1. The number of cyclic esters (lactones) is 1. The molecule has 0 saturated carbocycles. The van der Waals surface area contributed by atoms with Gasteiger partial charge >= 0.3 is 5.97 Å². The lowest BCUT2D eigenvalue weighted by molar-refractivity contribution is -0.157. The van der Waals surface area contributed by atoms with E-state index in [4.69, 9.17) is 4.74 Å². The van der Waals surface area contributed by atoms with Crippen LogP contribution >= 0.6 is 11.3 Å². The van der Waals surface area contributed by atoms with Gasteiger partial charge in [0.25, 0.3) is 0 Å². The second kappa shape index (κ2) is 12.2. The van der Waals surface area contributed by atoms with Crippen molar-refractivity contribution < 1.29 is 24.5 Å². The first-order chi connectivity index (χ1) is 15.8. The molecule has 2 N–H and O–H groups in total. The van der Waals surface area contributed by atoms with Crippen molar-refractivity contribution in [1.29, 1.82) is 0 Å². The highest BCUT2D eigenvalue weighted by molar-refractivity contribution is 7.09. The van der Waals surface area contributed by atoms with Gasteiger partial charge in [-0.3, -0.25) is 9.59 Å². The van der Waals surface area contributed by atoms with Gasteiger partial charge in [-0.2, -0.15) is 0 Å². The summed E-state index contributed by atoms with van der Waals surface area (Å²) in [5, 5.41) is 24.6. The van der Waals surface area contributed by atoms with Crippen molar-refractivity contribution in [2.45, 2.75) is 92.5 Å². The van der Waals surface area contributed by atoms with Crippen molar-refractivity contribution >= 4 is 23.1 Å². The Morgan fingerprint density at radius 3 is 2.53 bits per heavy atom. The second-order valence-corrected chi connectivity index (χ2v) is 11.5. The number of esters is 1. The normalized spacial score (nSPS) is 33.0. The maximum atomic E-state index is 13.2. The quantitative estimate of drug-likeness (QED) is 0.465. The molecule has 190 valence electrons. The van der Waals surface area contributed by atoms with Gasteiger partial charge in [0.2, 0.25) is 0 Å². The van der Waals surface area contributed by atoms with Gasteiger partial charge in [0, 0.05) is 23.6 Å². The zero-order chi connectivity index (χ0) is 25.6. The average Bonchev–Trinajstić information content (AvgIpc) is 3.18. The SMILES string of the molecule is C/C1=C/C[C@@H](C(C)Cc2csc(C)n2)OC(=O)C[C@H](O)C(C)(C)C(=O)[C@H](C)[C@@H](O)[C@@H](C)/C=C/C1. The third kappa shape index (κ3) is 7.59. The molecule has 1 unspecified atom stereocenters. The molecule has 1 aromatic rings. The highest BCUT2D eigenvalue weighted by atomic mass is 32.1. The minimum atomic E-state index is -1.21. The average molecular weight is 492 g/mol. The number of hydrogen-bond donors (Lipinski definition) is 2. The summed E-state index contributed by atoms with van der Waals surface area (Å²) >= 11 is 1.60. The number of carbonyl (C=O) groups excluding carboxylic acids is 2. The summed E-state index contributed by atoms with van der Waals surface area (Å²) in [6.07, 6.45) is 5.25. The number of aryl methyl sites for hydroxylation is 1. The fourth-order valence-corrected chi connectivity index (χ4v) is 4.96. The number of carbonyl (C=O) groups is 2. The van der Waals surface area contributed by atoms with Gasteiger partial charge in [-0.15, -0.1) is 11.3 Å². The van der Waals surface area contributed by atoms with E-state index in [9.17, 15) is 19.8 Å². The Kier molecular flexibility index (Phi) is 10.2. The van der Waals surface area contributed by atoms with Crippen LogP contribution in [0, 0.1) is 30.1 Å². The molecule has 0 aromatic carbocycles. The van der Waals surface area contributed by atoms with E-state index >= 15 is 0 Å². The Labute approximate surface area is 208 Å². The number of allylic oxidation sites excluding steroid dienone is 2. The van der Waals surface area contributed by atoms with Crippen LogP contribution in [0.15, 0.2) is 29.2 Å². The van der Waals surface area contributed by atoms with E-state index in [2.05, 4.69) is 11.1 Å². The Balaban J connectivity index is 2.30. The largest absolute Gasteiger partial charge is 0.462 e. The summed E-state index contributed by atoms with van der Waals surface area (Å²) in [7, 11) is 0. The maximum absolute atomic E-state index is 13.2. The van der Waals surface area contributed by atoms with Crippen molar-refractivity contribution in [3.63, 3.8) is 0 Å². The van der Waals surface area contributed by atoms with E-state index in [-0.39, 0.29) is 30.1 Å². The number of rotatable bonds is 3. The van der Waals surface area contributed by atoms with E-state index in [0.29, 0.717) is 19.3 Å². The van der Waals surface area contributed by atoms with Crippen molar-refractivity contribution in [2.24, 2.45) is 23.2 Å². The maximum Gasteiger partial charge on any atom is 0.308 e. The third-order valence-electron chi connectivity index (χ3n) is 6.99. The first-order valence-corrected chi connectivity index (χ1v) is 13.0. The number of Topliss-reactive ketones (excluding diaryl/α,β-unsaturated/α-hetero) is 1. The number of aliphatic hydroxyl groups excluding tert-OH is 2. The molecule has 1 aliphatic rings. The summed E-state index contributed by atoms with van der Waals surface area (Å²) in [5.74, 6) is -1.66. The monoisotopic (exact) mass is 491 g/mol. The smallest absolute Gasteiger partial charge is 0.308 e. The lowest BCUT2D eigenvalue weighted by Crippen LogP contribution is -2.45. The predicted octanol–water partition coefficient (Wildman–Crippen LogP) is 4.82. The molecule has 2 rings (SSSR count). The molecule has 2 heterocycles. The standard InChI is InChI=1S/C27H41NO5S/c1-16-9-8-10-17(2)25(31)19(4)26(32)27(6,7)23(29)14-24(30)33-22(12-11-16)18(3)13-21-15-34-20(5)28-21/h8,10-11,15,17-19,22-23,25,29,31H,9,12-14H2,1-7H3/b10-8+,16-11-/t17-,18?,19+,22-,23-,25-/m0/s1. The van der Waals surface area contributed by atoms with E-state index in [0.717, 1.165) is 16.3 Å². The number of aromatic nitrogens is 1. The molecule has 1 aromatic heterocycles. The van der Waals surface area contributed by atoms with E-state index < -0.39 is 29.5 Å². The molecule has 6 atom stereocenters. The summed E-state index contributed by atoms with van der Waals surface area (Å²) in [6, 6.07) is 0. The highest BCUT2D eigenvalue weighted by Gasteiger charge is 2.42. The Morgan fingerprint density at radius 2 is 1.91 bits per heavy atom. The molecule has 0 spiro atoms. The lowest BCUT2D eigenvalue weighted by Gasteiger charge is -2.34. The molecule has 0 radical (unpaired) electrons. The number of thiazole rings is 1. The first-order valence-electron chi connectivity index (χ1n) is 12.2. The number of ketones is 1. The molecule has 0 aliphatic carbocycles. The van der Waals surface area contributed by atoms with Crippen LogP contribution in [0.4, 0.5) is 0 Å². The summed E-state index contributed by atoms with van der Waals surface area (Å²) in [6.45, 7) is 12.8. The number of ether oxygens (including phenoxy) is 1. The van der Waals surface area contributed by atoms with Gasteiger partial charge in [-0.05, 0) is 32.6 Å². The van der Waals surface area contributed by atoms with E-state index in [1.165, 1.54) is 0 Å². The lowest BCUT2D eigenvalue weighted by atomic mass is 9.73. The predicted molar refractivity (Wildman–Crippen MR) is 135 cm³/mol. The van der Waals surface area contributed by atoms with Gasteiger partial charge in [0.05, 0.1) is 34.7 Å². The van der Waals surface area contributed by atoms with Crippen LogP contribution in [-0.2, 0) is 20.7 Å². The highest BCUT2D eigenvalue weighted by Crippen LogP contribution is 2.32. The molecule has 34 heavy (non-hydrogen) atoms. The Hall–Kier alpha value is -1.83. The molecule has 0 bridgehead atoms. The number of aliphatic hydroxyl groups is 2. The molecule has 7 heteroatoms. The Morgan fingerprint density at radius 1 is 1.24 bits per heavy atom. The van der Waals surface area contributed by atoms with Gasteiger partial charge in [0.1, 0.15) is 11.9 Å².